The molecule has 1 saturated carbocycles. The number of pyridine rings is 1. The molecule has 0 spiro atoms. The number of fused-ring (bicyclic) bond motifs is 1. The van der Waals surface area contributed by atoms with E-state index in [-0.39, 0.29) is 18.2 Å². The Morgan fingerprint density at radius 1 is 1.39 bits per heavy atom. The number of H-pyrrole nitrogens is 1. The van der Waals surface area contributed by atoms with Gasteiger partial charge in [0.25, 0.3) is 0 Å². The summed E-state index contributed by atoms with van der Waals surface area (Å²) in [5.41, 5.74) is 2.04. The maximum atomic E-state index is 11.8. The molecule has 0 aliphatic heterocycles. The molecule has 28 heavy (non-hydrogen) atoms. The number of ether oxygens (including phenoxy) is 1. The quantitative estimate of drug-likeness (QED) is 0.624. The third-order valence-electron chi connectivity index (χ3n) is 5.02. The third kappa shape index (κ3) is 3.78. The van der Waals surface area contributed by atoms with Crippen molar-refractivity contribution in [2.75, 3.05) is 5.32 Å². The van der Waals surface area contributed by atoms with Crippen LogP contribution in [0.5, 0.6) is 0 Å². The number of aromatic amines is 1. The average molecular weight is 383 g/mol. The van der Waals surface area contributed by atoms with Crippen molar-refractivity contribution < 1.29 is 9.53 Å². The molecular formula is C19H25N7O2. The van der Waals surface area contributed by atoms with Gasteiger partial charge in [0.1, 0.15) is 11.9 Å². The highest BCUT2D eigenvalue weighted by atomic mass is 16.6. The lowest BCUT2D eigenvalue weighted by molar-refractivity contribution is 0.0981. The number of hydrogen-bond acceptors (Lipinski definition) is 6. The smallest absolute Gasteiger partial charge is 0.407 e. The summed E-state index contributed by atoms with van der Waals surface area (Å²) < 4.78 is 7.32. The van der Waals surface area contributed by atoms with Crippen LogP contribution in [0.3, 0.4) is 0 Å². The standard InChI is InChI=1S/C19H25N7O2/c1-11(2)22-19(27)28-13-5-4-12(8-13)15-9-17(25-24-15)23-18-14-10-21-26(3)16(14)6-7-20-18/h6-7,9-13H,4-5,8H2,1-3H3,(H,22,27)(H2,20,23,24,25)/t12-,13+/m0/s1. The van der Waals surface area contributed by atoms with Crippen molar-refractivity contribution in [3.63, 3.8) is 0 Å². The second-order valence-corrected chi connectivity index (χ2v) is 7.53. The summed E-state index contributed by atoms with van der Waals surface area (Å²) in [4.78, 5) is 16.2. The van der Waals surface area contributed by atoms with Gasteiger partial charge in [0, 0.05) is 37.0 Å². The zero-order chi connectivity index (χ0) is 19.7. The number of nitrogens with zero attached hydrogens (tertiary/aromatic N) is 4. The van der Waals surface area contributed by atoms with E-state index in [1.54, 1.807) is 12.4 Å². The van der Waals surface area contributed by atoms with Crippen LogP contribution in [0.2, 0.25) is 0 Å². The molecule has 1 aliphatic carbocycles. The van der Waals surface area contributed by atoms with Crippen LogP contribution >= 0.6 is 0 Å². The number of carbonyl (C=O) groups excluding carboxylic acids is 1. The van der Waals surface area contributed by atoms with Gasteiger partial charge in [-0.1, -0.05) is 0 Å². The molecule has 3 aromatic heterocycles. The molecule has 0 unspecified atom stereocenters. The van der Waals surface area contributed by atoms with Gasteiger partial charge in [-0.2, -0.15) is 10.2 Å². The molecule has 1 amide bonds. The first-order valence-electron chi connectivity index (χ1n) is 9.56. The van der Waals surface area contributed by atoms with Crippen molar-refractivity contribution in [2.45, 2.75) is 51.2 Å². The molecule has 3 aromatic rings. The topological polar surface area (TPSA) is 110 Å². The van der Waals surface area contributed by atoms with Crippen molar-refractivity contribution in [3.8, 4) is 0 Å². The summed E-state index contributed by atoms with van der Waals surface area (Å²) in [6.45, 7) is 3.83. The van der Waals surface area contributed by atoms with Crippen LogP contribution in [0.4, 0.5) is 16.4 Å². The first-order chi connectivity index (χ1) is 13.5. The SMILES string of the molecule is CC(C)NC(=O)O[C@@H]1CC[C@H](c2cc(Nc3nccc4c3cnn4C)n[nH]2)C1. The van der Waals surface area contributed by atoms with E-state index in [1.807, 2.05) is 37.7 Å². The molecule has 148 valence electrons. The lowest BCUT2D eigenvalue weighted by Crippen LogP contribution is -2.33. The second-order valence-electron chi connectivity index (χ2n) is 7.53. The molecule has 1 aliphatic rings. The Morgan fingerprint density at radius 2 is 2.25 bits per heavy atom. The van der Waals surface area contributed by atoms with E-state index in [9.17, 15) is 4.79 Å². The maximum absolute atomic E-state index is 11.8. The van der Waals surface area contributed by atoms with Gasteiger partial charge in [-0.25, -0.2) is 9.78 Å². The first-order valence-corrected chi connectivity index (χ1v) is 9.56. The summed E-state index contributed by atoms with van der Waals surface area (Å²) in [7, 11) is 1.90. The molecule has 9 heteroatoms. The number of hydrogen-bond donors (Lipinski definition) is 3. The van der Waals surface area contributed by atoms with Crippen LogP contribution in [-0.2, 0) is 11.8 Å². The molecular weight excluding hydrogens is 358 g/mol. The molecule has 3 heterocycles. The van der Waals surface area contributed by atoms with Gasteiger partial charge < -0.3 is 15.4 Å². The van der Waals surface area contributed by atoms with E-state index in [1.165, 1.54) is 0 Å². The van der Waals surface area contributed by atoms with Crippen LogP contribution in [0.15, 0.2) is 24.5 Å². The van der Waals surface area contributed by atoms with Crippen molar-refractivity contribution in [2.24, 2.45) is 7.05 Å². The number of amides is 1. The Balaban J connectivity index is 1.40. The van der Waals surface area contributed by atoms with Gasteiger partial charge in [-0.15, -0.1) is 0 Å². The molecule has 4 rings (SSSR count). The summed E-state index contributed by atoms with van der Waals surface area (Å²) in [6.07, 6.45) is 5.74. The Morgan fingerprint density at radius 3 is 3.07 bits per heavy atom. The van der Waals surface area contributed by atoms with Gasteiger partial charge in [0.05, 0.1) is 17.1 Å². The monoisotopic (exact) mass is 383 g/mol. The Hall–Kier alpha value is -3.10. The minimum atomic E-state index is -0.344. The predicted molar refractivity (Wildman–Crippen MR) is 106 cm³/mol. The lowest BCUT2D eigenvalue weighted by Gasteiger charge is -2.14. The van der Waals surface area contributed by atoms with Crippen molar-refractivity contribution in [1.29, 1.82) is 0 Å². The third-order valence-corrected chi connectivity index (χ3v) is 5.02. The zero-order valence-corrected chi connectivity index (χ0v) is 16.3. The normalized spacial score (nSPS) is 19.3. The van der Waals surface area contributed by atoms with Gasteiger partial charge >= 0.3 is 6.09 Å². The number of anilines is 2. The zero-order valence-electron chi connectivity index (χ0n) is 16.3. The highest BCUT2D eigenvalue weighted by Gasteiger charge is 2.30. The summed E-state index contributed by atoms with van der Waals surface area (Å²) >= 11 is 0. The predicted octanol–water partition coefficient (Wildman–Crippen LogP) is 3.21. The molecule has 2 atom stereocenters. The van der Waals surface area contributed by atoms with Crippen LogP contribution in [0.1, 0.15) is 44.7 Å². The minimum Gasteiger partial charge on any atom is -0.446 e. The van der Waals surface area contributed by atoms with E-state index in [2.05, 4.69) is 30.9 Å². The van der Waals surface area contributed by atoms with Crippen LogP contribution in [-0.4, -0.2) is 43.2 Å². The second kappa shape index (κ2) is 7.49. The van der Waals surface area contributed by atoms with Crippen LogP contribution in [0.25, 0.3) is 10.9 Å². The average Bonchev–Trinajstić information content (AvgIpc) is 3.36. The number of alkyl carbamates (subject to hydrolysis) is 1. The number of aromatic nitrogens is 5. The first kappa shape index (κ1) is 18.3. The summed E-state index contributed by atoms with van der Waals surface area (Å²) in [6, 6.07) is 4.00. The largest absolute Gasteiger partial charge is 0.446 e. The number of nitrogens with one attached hydrogen (secondary N) is 3. The van der Waals surface area contributed by atoms with Crippen molar-refractivity contribution >= 4 is 28.6 Å². The minimum absolute atomic E-state index is 0.0609. The van der Waals surface area contributed by atoms with Gasteiger partial charge in [0.2, 0.25) is 0 Å². The fraction of sp³-hybridized carbons (Fsp3) is 0.474. The summed E-state index contributed by atoms with van der Waals surface area (Å²) in [5, 5.41) is 18.7. The lowest BCUT2D eigenvalue weighted by atomic mass is 10.0. The summed E-state index contributed by atoms with van der Waals surface area (Å²) in [5.74, 6) is 1.73. The Kier molecular flexibility index (Phi) is 4.89. The Bertz CT molecular complexity index is 978. The van der Waals surface area contributed by atoms with E-state index in [0.717, 1.165) is 41.7 Å². The van der Waals surface area contributed by atoms with E-state index in [4.69, 9.17) is 4.74 Å². The number of aryl methyl sites for hydroxylation is 1. The van der Waals surface area contributed by atoms with Crippen molar-refractivity contribution in [3.05, 3.63) is 30.2 Å². The Labute approximate surface area is 162 Å². The number of rotatable bonds is 5. The van der Waals surface area contributed by atoms with E-state index >= 15 is 0 Å². The van der Waals surface area contributed by atoms with Gasteiger partial charge in [-0.05, 0) is 39.2 Å². The van der Waals surface area contributed by atoms with Crippen LogP contribution < -0.4 is 10.6 Å². The van der Waals surface area contributed by atoms with E-state index in [0.29, 0.717) is 11.7 Å². The molecule has 0 aromatic carbocycles. The van der Waals surface area contributed by atoms with Gasteiger partial charge in [0.15, 0.2) is 5.82 Å². The molecule has 1 fully saturated rings. The van der Waals surface area contributed by atoms with Gasteiger partial charge in [-0.3, -0.25) is 9.78 Å². The van der Waals surface area contributed by atoms with Crippen LogP contribution in [0, 0.1) is 0 Å². The number of carbonyl (C=O) groups is 1. The highest BCUT2D eigenvalue weighted by Crippen LogP contribution is 2.36. The molecule has 0 saturated heterocycles. The van der Waals surface area contributed by atoms with Crippen molar-refractivity contribution in [1.82, 2.24) is 30.3 Å². The highest BCUT2D eigenvalue weighted by molar-refractivity contribution is 5.90. The fourth-order valence-electron chi connectivity index (χ4n) is 3.66. The van der Waals surface area contributed by atoms with E-state index < -0.39 is 0 Å². The maximum Gasteiger partial charge on any atom is 0.407 e. The molecule has 0 radical (unpaired) electrons. The molecule has 3 N–H and O–H groups in total. The molecule has 0 bridgehead atoms. The fourth-order valence-corrected chi connectivity index (χ4v) is 3.66. The molecule has 9 nitrogen and oxygen atoms in total.